The number of hydrogen-bond acceptors (Lipinski definition) is 9. The summed E-state index contributed by atoms with van der Waals surface area (Å²) < 4.78 is 13.2. The maximum Gasteiger partial charge on any atom is 0.338 e. The summed E-state index contributed by atoms with van der Waals surface area (Å²) in [6.45, 7) is 3.67. The lowest BCUT2D eigenvalue weighted by Crippen LogP contribution is -2.39. The molecule has 1 atom stereocenters. The van der Waals surface area contributed by atoms with Gasteiger partial charge in [-0.15, -0.1) is 0 Å². The molecule has 1 aliphatic rings. The van der Waals surface area contributed by atoms with Gasteiger partial charge < -0.3 is 24.0 Å². The molecular formula is C30H26N3O6S-. The number of carbonyl (C=O) groups excluding carboxylic acids is 2. The lowest BCUT2D eigenvalue weighted by Gasteiger charge is -2.25. The number of nitrogens with zero attached hydrogens (tertiary/aromatic N) is 3. The van der Waals surface area contributed by atoms with Crippen LogP contribution in [0.5, 0.6) is 0 Å². The molecule has 0 fully saturated rings. The van der Waals surface area contributed by atoms with E-state index in [-0.39, 0.29) is 17.7 Å². The van der Waals surface area contributed by atoms with Gasteiger partial charge in [0.25, 0.3) is 5.56 Å². The summed E-state index contributed by atoms with van der Waals surface area (Å²) in [5.41, 5.74) is 2.81. The average Bonchev–Trinajstić information content (AvgIpc) is 3.52. The SMILES string of the molecule is CCOC(=O)C1=C(C)N=c2s/c(=C\c3ccc(-c4cccc(C(=O)[O-])c4)o3)c(=O)n2[C@H]1c1ccc(N(C)C)cc1. The quantitative estimate of drug-likeness (QED) is 0.321. The van der Waals surface area contributed by atoms with Gasteiger partial charge in [-0.25, -0.2) is 9.79 Å². The highest BCUT2D eigenvalue weighted by atomic mass is 32.1. The number of carboxylic acids is 1. The van der Waals surface area contributed by atoms with E-state index < -0.39 is 18.0 Å². The number of benzene rings is 2. The lowest BCUT2D eigenvalue weighted by atomic mass is 9.95. The normalized spacial score (nSPS) is 15.0. The third kappa shape index (κ3) is 5.01. The topological polar surface area (TPSA) is 117 Å². The first-order chi connectivity index (χ1) is 19.2. The number of hydrogen-bond donors (Lipinski definition) is 0. The summed E-state index contributed by atoms with van der Waals surface area (Å²) in [6.07, 6.45) is 1.62. The molecule has 40 heavy (non-hydrogen) atoms. The maximum atomic E-state index is 13.8. The van der Waals surface area contributed by atoms with E-state index in [0.717, 1.165) is 11.3 Å². The van der Waals surface area contributed by atoms with E-state index in [1.165, 1.54) is 28.0 Å². The summed E-state index contributed by atoms with van der Waals surface area (Å²) >= 11 is 1.19. The van der Waals surface area contributed by atoms with Crippen LogP contribution in [0.1, 0.15) is 41.6 Å². The first-order valence-corrected chi connectivity index (χ1v) is 13.4. The van der Waals surface area contributed by atoms with Crippen LogP contribution in [0.4, 0.5) is 5.69 Å². The molecule has 0 radical (unpaired) electrons. The minimum absolute atomic E-state index is 0.0372. The Morgan fingerprint density at radius 1 is 1.15 bits per heavy atom. The highest BCUT2D eigenvalue weighted by molar-refractivity contribution is 7.07. The van der Waals surface area contributed by atoms with Crippen molar-refractivity contribution in [1.82, 2.24) is 4.57 Å². The number of allylic oxidation sites excluding steroid dienone is 1. The molecule has 3 heterocycles. The van der Waals surface area contributed by atoms with Crippen molar-refractivity contribution in [2.75, 3.05) is 25.6 Å². The van der Waals surface area contributed by atoms with Crippen LogP contribution in [0.3, 0.4) is 0 Å². The monoisotopic (exact) mass is 556 g/mol. The fourth-order valence-electron chi connectivity index (χ4n) is 4.58. The molecule has 5 rings (SSSR count). The molecular weight excluding hydrogens is 530 g/mol. The number of carbonyl (C=O) groups is 2. The van der Waals surface area contributed by atoms with Gasteiger partial charge in [-0.3, -0.25) is 9.36 Å². The van der Waals surface area contributed by atoms with Crippen molar-refractivity contribution in [3.63, 3.8) is 0 Å². The van der Waals surface area contributed by atoms with Crippen molar-refractivity contribution in [1.29, 1.82) is 0 Å². The van der Waals surface area contributed by atoms with Crippen LogP contribution in [0.15, 0.2) is 86.1 Å². The van der Waals surface area contributed by atoms with E-state index in [4.69, 9.17) is 9.15 Å². The summed E-state index contributed by atoms with van der Waals surface area (Å²) in [5.74, 6) is -0.943. The van der Waals surface area contributed by atoms with Gasteiger partial charge in [0.05, 0.1) is 34.4 Å². The number of thiazole rings is 1. The number of esters is 1. The van der Waals surface area contributed by atoms with Crippen molar-refractivity contribution in [3.05, 3.63) is 109 Å². The fraction of sp³-hybridized carbons (Fsp3) is 0.200. The van der Waals surface area contributed by atoms with E-state index in [9.17, 15) is 19.5 Å². The lowest BCUT2D eigenvalue weighted by molar-refractivity contribution is -0.255. The minimum atomic E-state index is -1.28. The number of carboxylic acid groups (broad SMARTS) is 1. The van der Waals surface area contributed by atoms with Gasteiger partial charge in [0.15, 0.2) is 4.80 Å². The second kappa shape index (κ2) is 10.8. The molecule has 9 nitrogen and oxygen atoms in total. The first-order valence-electron chi connectivity index (χ1n) is 12.6. The molecule has 204 valence electrons. The van der Waals surface area contributed by atoms with Crippen LogP contribution in [0, 0.1) is 0 Å². The highest BCUT2D eigenvalue weighted by Gasteiger charge is 2.33. The van der Waals surface area contributed by atoms with Gasteiger partial charge in [-0.2, -0.15) is 0 Å². The van der Waals surface area contributed by atoms with Crippen molar-refractivity contribution < 1.29 is 23.8 Å². The van der Waals surface area contributed by atoms with Crippen LogP contribution < -0.4 is 24.9 Å². The Morgan fingerprint density at radius 2 is 1.90 bits per heavy atom. The second-order valence-corrected chi connectivity index (χ2v) is 10.4. The molecule has 4 aromatic rings. The standard InChI is InChI=1S/C30H27N3O6S/c1-5-38-29(37)25-17(2)31-30-33(26(25)18-9-11-21(12-10-18)32(3)4)27(34)24(40-30)16-22-13-14-23(39-22)19-7-6-8-20(15-19)28(35)36/h6-16,26H,5H2,1-4H3,(H,35,36)/p-1/b24-16-/t26-/m0/s1. The average molecular weight is 557 g/mol. The predicted molar refractivity (Wildman–Crippen MR) is 150 cm³/mol. The summed E-state index contributed by atoms with van der Waals surface area (Å²) in [6, 6.07) is 16.6. The number of rotatable bonds is 7. The number of furan rings is 1. The van der Waals surface area contributed by atoms with Crippen LogP contribution in [0.25, 0.3) is 17.4 Å². The molecule has 10 heteroatoms. The molecule has 0 bridgehead atoms. The Bertz CT molecular complexity index is 1830. The zero-order valence-electron chi connectivity index (χ0n) is 22.3. The molecule has 0 spiro atoms. The van der Waals surface area contributed by atoms with Gasteiger partial charge >= 0.3 is 5.97 Å². The predicted octanol–water partition coefficient (Wildman–Crippen LogP) is 2.49. The van der Waals surface area contributed by atoms with E-state index in [1.54, 1.807) is 44.2 Å². The zero-order chi connectivity index (χ0) is 28.6. The molecule has 0 aliphatic carbocycles. The van der Waals surface area contributed by atoms with Crippen LogP contribution in [-0.2, 0) is 9.53 Å². The Labute approximate surface area is 233 Å². The number of aromatic nitrogens is 1. The van der Waals surface area contributed by atoms with Gasteiger partial charge in [0.1, 0.15) is 11.5 Å². The first kappa shape index (κ1) is 26.9. The van der Waals surface area contributed by atoms with Crippen LogP contribution in [0.2, 0.25) is 0 Å². The third-order valence-electron chi connectivity index (χ3n) is 6.53. The molecule has 0 amide bonds. The largest absolute Gasteiger partial charge is 0.545 e. The summed E-state index contributed by atoms with van der Waals surface area (Å²) in [4.78, 5) is 45.1. The molecule has 0 N–H and O–H groups in total. The second-order valence-electron chi connectivity index (χ2n) is 9.36. The molecule has 1 aliphatic heterocycles. The highest BCUT2D eigenvalue weighted by Crippen LogP contribution is 2.31. The van der Waals surface area contributed by atoms with Crippen molar-refractivity contribution in [2.24, 2.45) is 4.99 Å². The van der Waals surface area contributed by atoms with Crippen molar-refractivity contribution >= 4 is 35.0 Å². The number of fused-ring (bicyclic) bond motifs is 1. The van der Waals surface area contributed by atoms with Crippen LogP contribution in [-0.4, -0.2) is 37.2 Å². The maximum absolute atomic E-state index is 13.8. The summed E-state index contributed by atoms with van der Waals surface area (Å²) in [7, 11) is 3.87. The third-order valence-corrected chi connectivity index (χ3v) is 7.51. The van der Waals surface area contributed by atoms with Gasteiger partial charge in [0, 0.05) is 31.4 Å². The Hall–Kier alpha value is -4.70. The van der Waals surface area contributed by atoms with E-state index in [0.29, 0.717) is 37.7 Å². The fourth-order valence-corrected chi connectivity index (χ4v) is 5.60. The van der Waals surface area contributed by atoms with E-state index >= 15 is 0 Å². The van der Waals surface area contributed by atoms with Gasteiger partial charge in [0.2, 0.25) is 0 Å². The van der Waals surface area contributed by atoms with Gasteiger partial charge in [-0.05, 0) is 55.3 Å². The Balaban J connectivity index is 1.61. The molecule has 0 saturated heterocycles. The molecule has 2 aromatic heterocycles. The van der Waals surface area contributed by atoms with Crippen molar-refractivity contribution in [2.45, 2.75) is 19.9 Å². The van der Waals surface area contributed by atoms with Gasteiger partial charge in [-0.1, -0.05) is 41.7 Å². The minimum Gasteiger partial charge on any atom is -0.545 e. The zero-order valence-corrected chi connectivity index (χ0v) is 23.2. The van der Waals surface area contributed by atoms with E-state index in [1.807, 2.05) is 43.3 Å². The number of anilines is 1. The number of ether oxygens (including phenoxy) is 1. The Morgan fingerprint density at radius 3 is 2.58 bits per heavy atom. The van der Waals surface area contributed by atoms with Crippen molar-refractivity contribution in [3.8, 4) is 11.3 Å². The smallest absolute Gasteiger partial charge is 0.338 e. The van der Waals surface area contributed by atoms with E-state index in [2.05, 4.69) is 4.99 Å². The molecule has 0 saturated carbocycles. The molecule has 2 aromatic carbocycles. The van der Waals surface area contributed by atoms with Crippen LogP contribution >= 0.6 is 11.3 Å². The summed E-state index contributed by atoms with van der Waals surface area (Å²) in [5, 5.41) is 11.2. The Kier molecular flexibility index (Phi) is 7.27. The molecule has 0 unspecified atom stereocenters. The number of aromatic carboxylic acids is 1.